The zero-order chi connectivity index (χ0) is 14.5. The summed E-state index contributed by atoms with van der Waals surface area (Å²) < 4.78 is 1.06. The van der Waals surface area contributed by atoms with Crippen LogP contribution < -0.4 is 5.32 Å². The maximum absolute atomic E-state index is 12.3. The number of carbonyl (C=O) groups excluding carboxylic acids is 1. The first-order valence-corrected chi connectivity index (χ1v) is 8.96. The summed E-state index contributed by atoms with van der Waals surface area (Å²) in [6, 6.07) is 8.47. The molecule has 0 aromatic heterocycles. The molecular weight excluding hydrogens is 334 g/mol. The highest BCUT2D eigenvalue weighted by molar-refractivity contribution is 9.10. The van der Waals surface area contributed by atoms with E-state index in [-0.39, 0.29) is 11.2 Å². The Kier molecular flexibility index (Phi) is 5.97. The standard InChI is InChI=1S/C16H22BrNOS/c1-11-5-3-4-6-15(11)18-16(19)12(2)20-14-9-7-13(17)8-10-14/h7-12,15H,3-6H2,1-2H3,(H,18,19). The van der Waals surface area contributed by atoms with Crippen molar-refractivity contribution in [2.24, 2.45) is 5.92 Å². The molecule has 0 bridgehead atoms. The van der Waals surface area contributed by atoms with Crippen LogP contribution in [0.15, 0.2) is 33.6 Å². The third kappa shape index (κ3) is 4.52. The molecule has 1 N–H and O–H groups in total. The number of carbonyl (C=O) groups is 1. The van der Waals surface area contributed by atoms with E-state index in [1.54, 1.807) is 11.8 Å². The molecule has 2 nitrogen and oxygen atoms in total. The number of benzene rings is 1. The molecular formula is C16H22BrNOS. The molecule has 1 aliphatic carbocycles. The van der Waals surface area contributed by atoms with Gasteiger partial charge in [0.25, 0.3) is 0 Å². The van der Waals surface area contributed by atoms with Gasteiger partial charge in [-0.15, -0.1) is 11.8 Å². The first-order valence-electron chi connectivity index (χ1n) is 7.29. The van der Waals surface area contributed by atoms with Gasteiger partial charge >= 0.3 is 0 Å². The highest BCUT2D eigenvalue weighted by atomic mass is 79.9. The third-order valence-electron chi connectivity index (χ3n) is 3.93. The number of halogens is 1. The Bertz CT molecular complexity index is 448. The number of hydrogen-bond donors (Lipinski definition) is 1. The van der Waals surface area contributed by atoms with Gasteiger partial charge in [0.15, 0.2) is 0 Å². The second kappa shape index (κ2) is 7.51. The summed E-state index contributed by atoms with van der Waals surface area (Å²) in [6.45, 7) is 4.23. The zero-order valence-electron chi connectivity index (χ0n) is 12.1. The fraction of sp³-hybridized carbons (Fsp3) is 0.562. The summed E-state index contributed by atoms with van der Waals surface area (Å²) >= 11 is 5.04. The monoisotopic (exact) mass is 355 g/mol. The maximum Gasteiger partial charge on any atom is 0.233 e. The molecule has 0 saturated heterocycles. The van der Waals surface area contributed by atoms with E-state index in [0.717, 1.165) is 15.8 Å². The second-order valence-electron chi connectivity index (χ2n) is 5.59. The van der Waals surface area contributed by atoms with E-state index in [0.29, 0.717) is 12.0 Å². The zero-order valence-corrected chi connectivity index (χ0v) is 14.5. The van der Waals surface area contributed by atoms with Crippen LogP contribution in [-0.4, -0.2) is 17.2 Å². The van der Waals surface area contributed by atoms with Gasteiger partial charge in [-0.05, 0) is 49.9 Å². The summed E-state index contributed by atoms with van der Waals surface area (Å²) in [5, 5.41) is 3.18. The Morgan fingerprint density at radius 3 is 2.60 bits per heavy atom. The van der Waals surface area contributed by atoms with E-state index in [2.05, 4.69) is 28.2 Å². The molecule has 20 heavy (non-hydrogen) atoms. The molecule has 1 fully saturated rings. The molecule has 0 aliphatic heterocycles. The summed E-state index contributed by atoms with van der Waals surface area (Å²) in [5.41, 5.74) is 0. The number of hydrogen-bond acceptors (Lipinski definition) is 2. The number of nitrogens with one attached hydrogen (secondary N) is 1. The predicted octanol–water partition coefficient (Wildman–Crippen LogP) is 4.62. The van der Waals surface area contributed by atoms with E-state index < -0.39 is 0 Å². The van der Waals surface area contributed by atoms with Gasteiger partial charge in [-0.3, -0.25) is 4.79 Å². The quantitative estimate of drug-likeness (QED) is 0.798. The predicted molar refractivity (Wildman–Crippen MR) is 89.0 cm³/mol. The van der Waals surface area contributed by atoms with Crippen molar-refractivity contribution >= 4 is 33.6 Å². The molecule has 2 rings (SSSR count). The van der Waals surface area contributed by atoms with Gasteiger partial charge in [0.1, 0.15) is 0 Å². The van der Waals surface area contributed by atoms with Crippen LogP contribution in [-0.2, 0) is 4.79 Å². The lowest BCUT2D eigenvalue weighted by Gasteiger charge is -2.30. The third-order valence-corrected chi connectivity index (χ3v) is 5.58. The van der Waals surface area contributed by atoms with Crippen LogP contribution in [0.3, 0.4) is 0 Å². The van der Waals surface area contributed by atoms with Crippen molar-refractivity contribution in [1.82, 2.24) is 5.32 Å². The molecule has 1 aliphatic rings. The van der Waals surface area contributed by atoms with Gasteiger partial charge in [0.2, 0.25) is 5.91 Å². The Morgan fingerprint density at radius 2 is 1.95 bits per heavy atom. The molecule has 0 heterocycles. The second-order valence-corrected chi connectivity index (χ2v) is 7.92. The van der Waals surface area contributed by atoms with Crippen molar-refractivity contribution in [3.8, 4) is 0 Å². The Hall–Kier alpha value is -0.480. The highest BCUT2D eigenvalue weighted by Gasteiger charge is 2.25. The van der Waals surface area contributed by atoms with Gasteiger partial charge in [-0.1, -0.05) is 35.7 Å². The van der Waals surface area contributed by atoms with Crippen LogP contribution in [0.25, 0.3) is 0 Å². The SMILES string of the molecule is CC(Sc1ccc(Br)cc1)C(=O)NC1CCCCC1C. The van der Waals surface area contributed by atoms with Gasteiger partial charge in [-0.2, -0.15) is 0 Å². The average molecular weight is 356 g/mol. The Labute approximate surface area is 134 Å². The van der Waals surface area contributed by atoms with Crippen LogP contribution in [0.2, 0.25) is 0 Å². The van der Waals surface area contributed by atoms with E-state index in [1.165, 1.54) is 19.3 Å². The minimum absolute atomic E-state index is 0.0506. The molecule has 0 radical (unpaired) electrons. The smallest absolute Gasteiger partial charge is 0.233 e. The highest BCUT2D eigenvalue weighted by Crippen LogP contribution is 2.27. The molecule has 3 unspecified atom stereocenters. The molecule has 1 aromatic rings. The van der Waals surface area contributed by atoms with Crippen molar-refractivity contribution < 1.29 is 4.79 Å². The van der Waals surface area contributed by atoms with Crippen LogP contribution in [0.5, 0.6) is 0 Å². The number of rotatable bonds is 4. The van der Waals surface area contributed by atoms with Crippen molar-refractivity contribution in [3.63, 3.8) is 0 Å². The van der Waals surface area contributed by atoms with E-state index in [1.807, 2.05) is 31.2 Å². The van der Waals surface area contributed by atoms with Gasteiger partial charge in [0.05, 0.1) is 5.25 Å². The largest absolute Gasteiger partial charge is 0.352 e. The van der Waals surface area contributed by atoms with Gasteiger partial charge in [-0.25, -0.2) is 0 Å². The van der Waals surface area contributed by atoms with Crippen molar-refractivity contribution in [1.29, 1.82) is 0 Å². The molecule has 0 spiro atoms. The molecule has 4 heteroatoms. The fourth-order valence-electron chi connectivity index (χ4n) is 2.60. The Balaban J connectivity index is 1.86. The summed E-state index contributed by atoms with van der Waals surface area (Å²) in [6.07, 6.45) is 4.90. The average Bonchev–Trinajstić information content (AvgIpc) is 2.44. The Morgan fingerprint density at radius 1 is 1.30 bits per heavy atom. The minimum Gasteiger partial charge on any atom is -0.352 e. The summed E-state index contributed by atoms with van der Waals surface area (Å²) in [7, 11) is 0. The van der Waals surface area contributed by atoms with Crippen molar-refractivity contribution in [2.45, 2.75) is 55.7 Å². The van der Waals surface area contributed by atoms with Gasteiger partial charge in [0, 0.05) is 15.4 Å². The van der Waals surface area contributed by atoms with E-state index in [9.17, 15) is 4.79 Å². The first kappa shape index (κ1) is 15.9. The summed E-state index contributed by atoms with van der Waals surface area (Å²) in [5.74, 6) is 0.772. The van der Waals surface area contributed by atoms with Gasteiger partial charge < -0.3 is 5.32 Å². The van der Waals surface area contributed by atoms with Crippen LogP contribution in [0.4, 0.5) is 0 Å². The molecule has 1 aromatic carbocycles. The lowest BCUT2D eigenvalue weighted by molar-refractivity contribution is -0.121. The molecule has 1 amide bonds. The summed E-state index contributed by atoms with van der Waals surface area (Å²) in [4.78, 5) is 13.4. The van der Waals surface area contributed by atoms with Crippen molar-refractivity contribution in [2.75, 3.05) is 0 Å². The topological polar surface area (TPSA) is 29.1 Å². The molecule has 3 atom stereocenters. The number of thioether (sulfide) groups is 1. The van der Waals surface area contributed by atoms with E-state index >= 15 is 0 Å². The lowest BCUT2D eigenvalue weighted by atomic mass is 9.86. The van der Waals surface area contributed by atoms with Crippen molar-refractivity contribution in [3.05, 3.63) is 28.7 Å². The number of amides is 1. The first-order chi connectivity index (χ1) is 9.56. The van der Waals surface area contributed by atoms with Crippen LogP contribution in [0.1, 0.15) is 39.5 Å². The van der Waals surface area contributed by atoms with Crippen LogP contribution >= 0.6 is 27.7 Å². The minimum atomic E-state index is -0.0506. The molecule has 110 valence electrons. The normalized spacial score (nSPS) is 24.1. The van der Waals surface area contributed by atoms with E-state index in [4.69, 9.17) is 0 Å². The fourth-order valence-corrected chi connectivity index (χ4v) is 3.74. The molecule has 1 saturated carbocycles. The maximum atomic E-state index is 12.3. The van der Waals surface area contributed by atoms with Crippen LogP contribution in [0, 0.1) is 5.92 Å². The lowest BCUT2D eigenvalue weighted by Crippen LogP contribution is -2.44.